The largest absolute Gasteiger partial charge is 0.480 e. The number of rotatable bonds is 4. The standard InChI is InChI=1S/C20H24N2O4/c1-13-6-4-9-16(13)18(23)21-15-8-5-7-14(12-15)19(24)22-11-3-2-10-17(22)20(25)26/h5,7-8,12,17H,2-4,6,9-11H2,1H3,(H,21,23)(H,25,26). The van der Waals surface area contributed by atoms with E-state index in [0.717, 1.165) is 43.3 Å². The number of hydrogen-bond acceptors (Lipinski definition) is 3. The van der Waals surface area contributed by atoms with Crippen molar-refractivity contribution in [2.45, 2.75) is 51.5 Å². The smallest absolute Gasteiger partial charge is 0.326 e. The molecule has 6 nitrogen and oxygen atoms in total. The second-order valence-corrected chi connectivity index (χ2v) is 7.00. The van der Waals surface area contributed by atoms with Crippen molar-refractivity contribution in [1.29, 1.82) is 0 Å². The van der Waals surface area contributed by atoms with E-state index < -0.39 is 12.0 Å². The van der Waals surface area contributed by atoms with E-state index in [4.69, 9.17) is 0 Å². The minimum atomic E-state index is -0.967. The molecule has 0 radical (unpaired) electrons. The summed E-state index contributed by atoms with van der Waals surface area (Å²) in [5.74, 6) is -1.39. The molecule has 1 aromatic carbocycles. The molecular formula is C20H24N2O4. The van der Waals surface area contributed by atoms with Crippen LogP contribution in [0.25, 0.3) is 0 Å². The van der Waals surface area contributed by atoms with Gasteiger partial charge >= 0.3 is 5.97 Å². The number of carbonyl (C=O) groups is 3. The van der Waals surface area contributed by atoms with E-state index in [-0.39, 0.29) is 11.8 Å². The van der Waals surface area contributed by atoms with Crippen molar-refractivity contribution in [3.8, 4) is 0 Å². The van der Waals surface area contributed by atoms with Gasteiger partial charge in [0.05, 0.1) is 0 Å². The number of nitrogens with one attached hydrogen (secondary N) is 1. The van der Waals surface area contributed by atoms with Gasteiger partial charge in [-0.1, -0.05) is 11.6 Å². The molecule has 6 heteroatoms. The molecular weight excluding hydrogens is 332 g/mol. The number of nitrogens with zero attached hydrogens (tertiary/aromatic N) is 1. The van der Waals surface area contributed by atoms with Crippen LogP contribution in [0.4, 0.5) is 5.69 Å². The minimum absolute atomic E-state index is 0.119. The molecule has 2 N–H and O–H groups in total. The van der Waals surface area contributed by atoms with Gasteiger partial charge in [-0.2, -0.15) is 0 Å². The number of likely N-dealkylation sites (tertiary alicyclic amines) is 1. The van der Waals surface area contributed by atoms with Crippen molar-refractivity contribution in [1.82, 2.24) is 4.90 Å². The number of benzene rings is 1. The number of carboxylic acid groups (broad SMARTS) is 1. The van der Waals surface area contributed by atoms with Crippen LogP contribution in [-0.2, 0) is 9.59 Å². The van der Waals surface area contributed by atoms with Crippen LogP contribution in [0.15, 0.2) is 35.4 Å². The van der Waals surface area contributed by atoms with Crippen LogP contribution in [0.5, 0.6) is 0 Å². The summed E-state index contributed by atoms with van der Waals surface area (Å²) in [6.07, 6.45) is 4.82. The summed E-state index contributed by atoms with van der Waals surface area (Å²) in [7, 11) is 0. The van der Waals surface area contributed by atoms with E-state index in [1.807, 2.05) is 6.92 Å². The molecule has 1 aliphatic carbocycles. The molecule has 1 heterocycles. The first kappa shape index (κ1) is 18.2. The van der Waals surface area contributed by atoms with E-state index >= 15 is 0 Å². The average molecular weight is 356 g/mol. The fourth-order valence-electron chi connectivity index (χ4n) is 3.74. The third kappa shape index (κ3) is 3.79. The summed E-state index contributed by atoms with van der Waals surface area (Å²) >= 11 is 0. The lowest BCUT2D eigenvalue weighted by Gasteiger charge is -2.33. The van der Waals surface area contributed by atoms with Gasteiger partial charge in [0.1, 0.15) is 6.04 Å². The maximum absolute atomic E-state index is 12.8. The van der Waals surface area contributed by atoms with Crippen LogP contribution in [0.1, 0.15) is 55.8 Å². The number of aliphatic carboxylic acids is 1. The van der Waals surface area contributed by atoms with Crippen molar-refractivity contribution in [2.75, 3.05) is 11.9 Å². The predicted octanol–water partition coefficient (Wildman–Crippen LogP) is 3.20. The number of anilines is 1. The number of amides is 2. The fourth-order valence-corrected chi connectivity index (χ4v) is 3.74. The summed E-state index contributed by atoms with van der Waals surface area (Å²) < 4.78 is 0. The summed E-state index contributed by atoms with van der Waals surface area (Å²) in [5.41, 5.74) is 2.89. The number of piperidine rings is 1. The fraction of sp³-hybridized carbons (Fsp3) is 0.450. The van der Waals surface area contributed by atoms with E-state index in [1.165, 1.54) is 4.90 Å². The monoisotopic (exact) mass is 356 g/mol. The molecule has 1 fully saturated rings. The lowest BCUT2D eigenvalue weighted by atomic mass is 10.0. The Bertz CT molecular complexity index is 769. The molecule has 26 heavy (non-hydrogen) atoms. The highest BCUT2D eigenvalue weighted by Crippen LogP contribution is 2.27. The van der Waals surface area contributed by atoms with Gasteiger partial charge in [-0.25, -0.2) is 4.79 Å². The third-order valence-electron chi connectivity index (χ3n) is 5.18. The molecule has 1 aromatic rings. The molecule has 0 spiro atoms. The second-order valence-electron chi connectivity index (χ2n) is 7.00. The molecule has 1 unspecified atom stereocenters. The summed E-state index contributed by atoms with van der Waals surface area (Å²) in [4.78, 5) is 38.1. The van der Waals surface area contributed by atoms with Gasteiger partial charge < -0.3 is 15.3 Å². The SMILES string of the molecule is CC1=C(C(=O)Nc2cccc(C(=O)N3CCCCC3C(=O)O)c2)CCC1. The normalized spacial score (nSPS) is 20.2. The highest BCUT2D eigenvalue weighted by molar-refractivity contribution is 6.05. The molecule has 1 saturated heterocycles. The van der Waals surface area contributed by atoms with E-state index in [1.54, 1.807) is 24.3 Å². The van der Waals surface area contributed by atoms with Gasteiger partial charge in [0, 0.05) is 23.4 Å². The zero-order valence-electron chi connectivity index (χ0n) is 15.0. The Kier molecular flexibility index (Phi) is 5.40. The molecule has 1 aliphatic heterocycles. The first-order valence-corrected chi connectivity index (χ1v) is 9.11. The van der Waals surface area contributed by atoms with Crippen LogP contribution < -0.4 is 5.32 Å². The van der Waals surface area contributed by atoms with Crippen LogP contribution in [0, 0.1) is 0 Å². The summed E-state index contributed by atoms with van der Waals surface area (Å²) in [6, 6.07) is 5.95. The number of carboxylic acids is 1. The van der Waals surface area contributed by atoms with Crippen molar-refractivity contribution in [3.05, 3.63) is 41.0 Å². The van der Waals surface area contributed by atoms with Gasteiger partial charge in [-0.3, -0.25) is 9.59 Å². The predicted molar refractivity (Wildman–Crippen MR) is 97.9 cm³/mol. The Morgan fingerprint density at radius 3 is 2.65 bits per heavy atom. The van der Waals surface area contributed by atoms with Crippen LogP contribution in [-0.4, -0.2) is 40.4 Å². The maximum atomic E-state index is 12.8. The van der Waals surface area contributed by atoms with Crippen molar-refractivity contribution < 1.29 is 19.5 Å². The maximum Gasteiger partial charge on any atom is 0.326 e. The zero-order valence-corrected chi connectivity index (χ0v) is 15.0. The first-order chi connectivity index (χ1) is 12.5. The van der Waals surface area contributed by atoms with Crippen LogP contribution >= 0.6 is 0 Å². The Labute approximate surface area is 152 Å². The molecule has 138 valence electrons. The molecule has 3 rings (SSSR count). The van der Waals surface area contributed by atoms with Gasteiger partial charge in [-0.05, 0) is 63.6 Å². The molecule has 0 aromatic heterocycles. The van der Waals surface area contributed by atoms with Crippen LogP contribution in [0.3, 0.4) is 0 Å². The van der Waals surface area contributed by atoms with Crippen molar-refractivity contribution in [2.24, 2.45) is 0 Å². The molecule has 0 saturated carbocycles. The van der Waals surface area contributed by atoms with E-state index in [9.17, 15) is 19.5 Å². The van der Waals surface area contributed by atoms with Gasteiger partial charge in [0.2, 0.25) is 0 Å². The molecule has 2 amide bonds. The highest BCUT2D eigenvalue weighted by Gasteiger charge is 2.32. The zero-order chi connectivity index (χ0) is 18.7. The Morgan fingerprint density at radius 1 is 1.15 bits per heavy atom. The Morgan fingerprint density at radius 2 is 1.96 bits per heavy atom. The molecule has 1 atom stereocenters. The van der Waals surface area contributed by atoms with Gasteiger partial charge in [0.25, 0.3) is 11.8 Å². The number of hydrogen-bond donors (Lipinski definition) is 2. The Balaban J connectivity index is 1.76. The number of allylic oxidation sites excluding steroid dienone is 1. The lowest BCUT2D eigenvalue weighted by Crippen LogP contribution is -2.48. The summed E-state index contributed by atoms with van der Waals surface area (Å²) in [6.45, 7) is 2.42. The quantitative estimate of drug-likeness (QED) is 0.867. The van der Waals surface area contributed by atoms with Gasteiger partial charge in [0.15, 0.2) is 0 Å². The molecule has 0 bridgehead atoms. The van der Waals surface area contributed by atoms with Crippen molar-refractivity contribution >= 4 is 23.5 Å². The van der Waals surface area contributed by atoms with Crippen molar-refractivity contribution in [3.63, 3.8) is 0 Å². The molecule has 2 aliphatic rings. The van der Waals surface area contributed by atoms with Crippen LogP contribution in [0.2, 0.25) is 0 Å². The van der Waals surface area contributed by atoms with E-state index in [2.05, 4.69) is 5.32 Å². The topological polar surface area (TPSA) is 86.7 Å². The second kappa shape index (κ2) is 7.72. The average Bonchev–Trinajstić information content (AvgIpc) is 3.07. The van der Waals surface area contributed by atoms with Gasteiger partial charge in [-0.15, -0.1) is 0 Å². The van der Waals surface area contributed by atoms with E-state index in [0.29, 0.717) is 24.2 Å². The third-order valence-corrected chi connectivity index (χ3v) is 5.18. The lowest BCUT2D eigenvalue weighted by molar-refractivity contribution is -0.143. The first-order valence-electron chi connectivity index (χ1n) is 9.11. The number of carbonyl (C=O) groups excluding carboxylic acids is 2. The highest BCUT2D eigenvalue weighted by atomic mass is 16.4. The Hall–Kier alpha value is -2.63. The summed E-state index contributed by atoms with van der Waals surface area (Å²) in [5, 5.41) is 12.2. The minimum Gasteiger partial charge on any atom is -0.480 e.